The van der Waals surface area contributed by atoms with Gasteiger partial charge in [0.05, 0.1) is 13.0 Å². The van der Waals surface area contributed by atoms with Crippen LogP contribution >= 0.6 is 15.9 Å². The summed E-state index contributed by atoms with van der Waals surface area (Å²) in [4.78, 5) is 11.1. The van der Waals surface area contributed by atoms with E-state index in [-0.39, 0.29) is 12.4 Å². The van der Waals surface area contributed by atoms with Crippen molar-refractivity contribution in [1.29, 1.82) is 5.41 Å². The highest BCUT2D eigenvalue weighted by Crippen LogP contribution is 2.12. The first-order valence-electron chi connectivity index (χ1n) is 5.08. The minimum atomic E-state index is -0.331. The first-order valence-corrected chi connectivity index (χ1v) is 5.87. The van der Waals surface area contributed by atoms with E-state index in [9.17, 15) is 4.79 Å². The predicted octanol–water partition coefficient (Wildman–Crippen LogP) is 2.96. The Kier molecular flexibility index (Phi) is 5.19. The normalized spacial score (nSPS) is 9.88. The monoisotopic (exact) mass is 283 g/mol. The molecule has 1 aromatic carbocycles. The Bertz CT molecular complexity index is 390. The number of nitrogens with one attached hydrogen (secondary N) is 1. The molecule has 0 aliphatic carbocycles. The lowest BCUT2D eigenvalue weighted by molar-refractivity contribution is -0.141. The zero-order chi connectivity index (χ0) is 12.0. The SMILES string of the molecule is CCOC(=O)CC(=N)Cc1cccc(Br)c1. The Hall–Kier alpha value is -1.16. The van der Waals surface area contributed by atoms with Crippen molar-refractivity contribution in [3.05, 3.63) is 34.3 Å². The molecule has 1 aromatic rings. The fourth-order valence-electron chi connectivity index (χ4n) is 1.34. The first kappa shape index (κ1) is 12.9. The highest BCUT2D eigenvalue weighted by Gasteiger charge is 2.07. The van der Waals surface area contributed by atoms with Crippen LogP contribution in [0.2, 0.25) is 0 Å². The summed E-state index contributed by atoms with van der Waals surface area (Å²) >= 11 is 3.37. The van der Waals surface area contributed by atoms with Gasteiger partial charge in [0, 0.05) is 16.6 Å². The van der Waals surface area contributed by atoms with Gasteiger partial charge in [-0.2, -0.15) is 0 Å². The highest BCUT2D eigenvalue weighted by molar-refractivity contribution is 9.10. The van der Waals surface area contributed by atoms with Crippen molar-refractivity contribution < 1.29 is 9.53 Å². The van der Waals surface area contributed by atoms with Crippen LogP contribution < -0.4 is 0 Å². The molecule has 0 fully saturated rings. The Morgan fingerprint density at radius 3 is 2.88 bits per heavy atom. The van der Waals surface area contributed by atoms with E-state index in [1.54, 1.807) is 6.92 Å². The Balaban J connectivity index is 2.48. The summed E-state index contributed by atoms with van der Waals surface area (Å²) < 4.78 is 5.77. The molecule has 3 nitrogen and oxygen atoms in total. The molecule has 4 heteroatoms. The summed E-state index contributed by atoms with van der Waals surface area (Å²) in [5, 5.41) is 7.69. The molecule has 0 saturated heterocycles. The lowest BCUT2D eigenvalue weighted by Crippen LogP contribution is -2.12. The average molecular weight is 284 g/mol. The maximum Gasteiger partial charge on any atom is 0.311 e. The number of hydrogen-bond donors (Lipinski definition) is 1. The van der Waals surface area contributed by atoms with Crippen LogP contribution in [-0.4, -0.2) is 18.3 Å². The van der Waals surface area contributed by atoms with E-state index in [2.05, 4.69) is 15.9 Å². The second kappa shape index (κ2) is 6.43. The minimum Gasteiger partial charge on any atom is -0.466 e. The maximum atomic E-state index is 11.1. The molecular weight excluding hydrogens is 270 g/mol. The third-order valence-corrected chi connectivity index (χ3v) is 2.46. The first-order chi connectivity index (χ1) is 7.61. The molecule has 0 aromatic heterocycles. The molecular formula is C12H14BrNO2. The maximum absolute atomic E-state index is 11.1. The summed E-state index contributed by atoms with van der Waals surface area (Å²) in [6, 6.07) is 7.72. The van der Waals surface area contributed by atoms with E-state index in [0.29, 0.717) is 18.7 Å². The van der Waals surface area contributed by atoms with Gasteiger partial charge in [-0.15, -0.1) is 0 Å². The number of esters is 1. The minimum absolute atomic E-state index is 0.0698. The van der Waals surface area contributed by atoms with Crippen LogP contribution in [0.4, 0.5) is 0 Å². The zero-order valence-electron chi connectivity index (χ0n) is 9.13. The Morgan fingerprint density at radius 1 is 1.50 bits per heavy atom. The molecule has 0 spiro atoms. The van der Waals surface area contributed by atoms with Gasteiger partial charge in [-0.3, -0.25) is 4.79 Å². The number of rotatable bonds is 5. The van der Waals surface area contributed by atoms with Crippen molar-refractivity contribution in [1.82, 2.24) is 0 Å². The lowest BCUT2D eigenvalue weighted by Gasteiger charge is -2.04. The molecule has 0 radical (unpaired) electrons. The quantitative estimate of drug-likeness (QED) is 0.667. The van der Waals surface area contributed by atoms with Gasteiger partial charge < -0.3 is 10.1 Å². The highest BCUT2D eigenvalue weighted by atomic mass is 79.9. The van der Waals surface area contributed by atoms with E-state index in [4.69, 9.17) is 10.1 Å². The van der Waals surface area contributed by atoms with E-state index in [1.165, 1.54) is 0 Å². The zero-order valence-corrected chi connectivity index (χ0v) is 10.7. The van der Waals surface area contributed by atoms with Crippen molar-refractivity contribution in [2.45, 2.75) is 19.8 Å². The fourth-order valence-corrected chi connectivity index (χ4v) is 1.79. The van der Waals surface area contributed by atoms with Gasteiger partial charge in [0.15, 0.2) is 0 Å². The molecule has 0 aliphatic rings. The van der Waals surface area contributed by atoms with Crippen LogP contribution in [0, 0.1) is 5.41 Å². The van der Waals surface area contributed by atoms with Crippen LogP contribution in [0.3, 0.4) is 0 Å². The van der Waals surface area contributed by atoms with Gasteiger partial charge in [0.1, 0.15) is 0 Å². The van der Waals surface area contributed by atoms with Crippen LogP contribution in [0.15, 0.2) is 28.7 Å². The Labute approximate surface area is 103 Å². The molecule has 0 amide bonds. The molecule has 0 heterocycles. The van der Waals surface area contributed by atoms with Gasteiger partial charge >= 0.3 is 5.97 Å². The predicted molar refractivity (Wildman–Crippen MR) is 66.8 cm³/mol. The number of carbonyl (C=O) groups excluding carboxylic acids is 1. The molecule has 0 aliphatic heterocycles. The number of carbonyl (C=O) groups is 1. The van der Waals surface area contributed by atoms with E-state index < -0.39 is 0 Å². The summed E-state index contributed by atoms with van der Waals surface area (Å²) in [7, 11) is 0. The Morgan fingerprint density at radius 2 is 2.25 bits per heavy atom. The summed E-state index contributed by atoms with van der Waals surface area (Å²) in [6.07, 6.45) is 0.554. The smallest absolute Gasteiger partial charge is 0.311 e. The van der Waals surface area contributed by atoms with Crippen molar-refractivity contribution in [2.24, 2.45) is 0 Å². The molecule has 86 valence electrons. The third-order valence-electron chi connectivity index (χ3n) is 1.97. The number of benzene rings is 1. The van der Waals surface area contributed by atoms with E-state index in [1.807, 2.05) is 24.3 Å². The van der Waals surface area contributed by atoms with E-state index >= 15 is 0 Å². The summed E-state index contributed by atoms with van der Waals surface area (Å²) in [6.45, 7) is 2.12. The molecule has 1 N–H and O–H groups in total. The molecule has 0 bridgehead atoms. The molecule has 0 saturated carbocycles. The number of ether oxygens (including phenoxy) is 1. The lowest BCUT2D eigenvalue weighted by atomic mass is 10.1. The molecule has 16 heavy (non-hydrogen) atoms. The molecule has 1 rings (SSSR count). The van der Waals surface area contributed by atoms with Crippen LogP contribution in [0.25, 0.3) is 0 Å². The second-order valence-corrected chi connectivity index (χ2v) is 4.31. The summed E-state index contributed by atoms with van der Waals surface area (Å²) in [5.74, 6) is -0.331. The van der Waals surface area contributed by atoms with Crippen LogP contribution in [0.5, 0.6) is 0 Å². The van der Waals surface area contributed by atoms with Crippen LogP contribution in [0.1, 0.15) is 18.9 Å². The van der Waals surface area contributed by atoms with Gasteiger partial charge in [-0.1, -0.05) is 28.1 Å². The standard InChI is InChI=1S/C12H14BrNO2/c1-2-16-12(15)8-11(14)7-9-4-3-5-10(13)6-9/h3-6,14H,2,7-8H2,1H3. The second-order valence-electron chi connectivity index (χ2n) is 3.39. The summed E-state index contributed by atoms with van der Waals surface area (Å²) in [5.41, 5.74) is 1.39. The average Bonchev–Trinajstić information content (AvgIpc) is 2.17. The van der Waals surface area contributed by atoms with Gasteiger partial charge in [0.25, 0.3) is 0 Å². The van der Waals surface area contributed by atoms with Crippen molar-refractivity contribution in [2.75, 3.05) is 6.61 Å². The van der Waals surface area contributed by atoms with Crippen molar-refractivity contribution >= 4 is 27.6 Å². The van der Waals surface area contributed by atoms with Crippen molar-refractivity contribution in [3.63, 3.8) is 0 Å². The number of hydrogen-bond acceptors (Lipinski definition) is 3. The van der Waals surface area contributed by atoms with E-state index in [0.717, 1.165) is 10.0 Å². The topological polar surface area (TPSA) is 50.2 Å². The number of halogens is 1. The molecule has 0 unspecified atom stereocenters. The van der Waals surface area contributed by atoms with Crippen molar-refractivity contribution in [3.8, 4) is 0 Å². The van der Waals surface area contributed by atoms with Crippen LogP contribution in [-0.2, 0) is 16.0 Å². The third kappa shape index (κ3) is 4.57. The fraction of sp³-hybridized carbons (Fsp3) is 0.333. The van der Waals surface area contributed by atoms with Gasteiger partial charge in [0.2, 0.25) is 0 Å². The van der Waals surface area contributed by atoms with Gasteiger partial charge in [-0.05, 0) is 24.6 Å². The molecule has 0 atom stereocenters. The largest absolute Gasteiger partial charge is 0.466 e. The van der Waals surface area contributed by atoms with Gasteiger partial charge in [-0.25, -0.2) is 0 Å².